The summed E-state index contributed by atoms with van der Waals surface area (Å²) in [5.74, 6) is -1.56. The molecule has 0 heterocycles. The van der Waals surface area contributed by atoms with Gasteiger partial charge < -0.3 is 5.11 Å². The Kier molecular flexibility index (Phi) is 3.72. The third-order valence-electron chi connectivity index (χ3n) is 2.76. The minimum Gasteiger partial charge on any atom is -0.477 e. The van der Waals surface area contributed by atoms with E-state index < -0.39 is 32.0 Å². The molecule has 0 amide bonds. The van der Waals surface area contributed by atoms with Crippen LogP contribution in [0.25, 0.3) is 0 Å². The van der Waals surface area contributed by atoms with Crippen molar-refractivity contribution in [2.45, 2.75) is 9.79 Å². The fourth-order valence-corrected chi connectivity index (χ4v) is 3.06. The maximum absolute atomic E-state index is 12.3. The van der Waals surface area contributed by atoms with Crippen LogP contribution in [0.3, 0.4) is 0 Å². The smallest absolute Gasteiger partial charge is 0.342 e. The van der Waals surface area contributed by atoms with Gasteiger partial charge in [-0.3, -0.25) is 10.1 Å². The molecular formula is C13H9NO6S. The first-order chi connectivity index (χ1) is 9.84. The monoisotopic (exact) mass is 307 g/mol. The average Bonchev–Trinajstić information content (AvgIpc) is 2.47. The van der Waals surface area contributed by atoms with Crippen molar-refractivity contribution in [1.82, 2.24) is 0 Å². The molecule has 0 aromatic heterocycles. The molecule has 0 saturated carbocycles. The Labute approximate surface area is 119 Å². The minimum absolute atomic E-state index is 0.0183. The molecule has 0 saturated heterocycles. The topological polar surface area (TPSA) is 115 Å². The predicted octanol–water partition coefficient (Wildman–Crippen LogP) is 2.13. The standard InChI is InChI=1S/C13H9NO6S/c15-13(16)11-8-10(6-7-12(11)14(17)18)21(19,20)9-4-2-1-3-5-9/h1-8H,(H,15,16). The normalized spacial score (nSPS) is 11.0. The molecule has 0 aliphatic heterocycles. The lowest BCUT2D eigenvalue weighted by Crippen LogP contribution is -2.07. The van der Waals surface area contributed by atoms with Crippen molar-refractivity contribution in [3.8, 4) is 0 Å². The van der Waals surface area contributed by atoms with Crippen molar-refractivity contribution in [3.05, 3.63) is 64.2 Å². The molecule has 2 rings (SSSR count). The van der Waals surface area contributed by atoms with Gasteiger partial charge in [-0.1, -0.05) is 18.2 Å². The van der Waals surface area contributed by atoms with Crippen molar-refractivity contribution in [2.24, 2.45) is 0 Å². The van der Waals surface area contributed by atoms with Crippen LogP contribution in [0.15, 0.2) is 58.3 Å². The van der Waals surface area contributed by atoms with Gasteiger partial charge in [-0.2, -0.15) is 0 Å². The van der Waals surface area contributed by atoms with E-state index >= 15 is 0 Å². The van der Waals surface area contributed by atoms with Crippen LogP contribution in [-0.2, 0) is 9.84 Å². The van der Waals surface area contributed by atoms with Crippen LogP contribution in [0.4, 0.5) is 5.69 Å². The molecule has 7 nitrogen and oxygen atoms in total. The third kappa shape index (κ3) is 2.75. The van der Waals surface area contributed by atoms with E-state index in [1.54, 1.807) is 6.07 Å². The first-order valence-electron chi connectivity index (χ1n) is 5.66. The van der Waals surface area contributed by atoms with Gasteiger partial charge >= 0.3 is 5.97 Å². The van der Waals surface area contributed by atoms with E-state index in [9.17, 15) is 23.3 Å². The Hall–Kier alpha value is -2.74. The van der Waals surface area contributed by atoms with Crippen LogP contribution < -0.4 is 0 Å². The highest BCUT2D eigenvalue weighted by molar-refractivity contribution is 7.91. The van der Waals surface area contributed by atoms with E-state index in [2.05, 4.69) is 0 Å². The maximum atomic E-state index is 12.3. The predicted molar refractivity (Wildman–Crippen MR) is 71.9 cm³/mol. The molecule has 0 aliphatic carbocycles. The average molecular weight is 307 g/mol. The zero-order valence-corrected chi connectivity index (χ0v) is 11.3. The Morgan fingerprint density at radius 2 is 1.67 bits per heavy atom. The van der Waals surface area contributed by atoms with Crippen LogP contribution in [0.1, 0.15) is 10.4 Å². The molecule has 2 aromatic carbocycles. The van der Waals surface area contributed by atoms with E-state index in [-0.39, 0.29) is 9.79 Å². The van der Waals surface area contributed by atoms with Gasteiger partial charge in [0.2, 0.25) is 9.84 Å². The second-order valence-corrected chi connectivity index (χ2v) is 6.01. The van der Waals surface area contributed by atoms with Gasteiger partial charge in [0.15, 0.2) is 0 Å². The first-order valence-corrected chi connectivity index (χ1v) is 7.14. The van der Waals surface area contributed by atoms with Crippen molar-refractivity contribution in [3.63, 3.8) is 0 Å². The summed E-state index contributed by atoms with van der Waals surface area (Å²) in [6, 6.07) is 10.1. The Bertz CT molecular complexity index is 814. The lowest BCUT2D eigenvalue weighted by Gasteiger charge is -2.06. The SMILES string of the molecule is O=C(O)c1cc(S(=O)(=O)c2ccccc2)ccc1[N+](=O)[O-]. The lowest BCUT2D eigenvalue weighted by atomic mass is 10.2. The Morgan fingerprint density at radius 3 is 2.19 bits per heavy atom. The minimum atomic E-state index is -3.92. The van der Waals surface area contributed by atoms with Crippen LogP contribution in [0.5, 0.6) is 0 Å². The number of hydrogen-bond acceptors (Lipinski definition) is 5. The van der Waals surface area contributed by atoms with E-state index in [1.807, 2.05) is 0 Å². The number of nitro benzene ring substituents is 1. The molecule has 108 valence electrons. The Balaban J connectivity index is 2.64. The molecule has 0 unspecified atom stereocenters. The van der Waals surface area contributed by atoms with Crippen molar-refractivity contribution in [2.75, 3.05) is 0 Å². The number of nitro groups is 1. The molecule has 21 heavy (non-hydrogen) atoms. The van der Waals surface area contributed by atoms with Gasteiger partial charge in [0, 0.05) is 6.07 Å². The molecule has 0 bridgehead atoms. The van der Waals surface area contributed by atoms with Crippen molar-refractivity contribution in [1.29, 1.82) is 0 Å². The molecular weight excluding hydrogens is 298 g/mol. The van der Waals surface area contributed by atoms with Crippen LogP contribution in [-0.4, -0.2) is 24.4 Å². The highest BCUT2D eigenvalue weighted by atomic mass is 32.2. The number of carbonyl (C=O) groups is 1. The number of sulfone groups is 1. The largest absolute Gasteiger partial charge is 0.477 e. The molecule has 0 aliphatic rings. The third-order valence-corrected chi connectivity index (χ3v) is 4.53. The first kappa shape index (κ1) is 14.7. The fourth-order valence-electron chi connectivity index (χ4n) is 1.75. The fraction of sp³-hybridized carbons (Fsp3) is 0. The zero-order valence-electron chi connectivity index (χ0n) is 10.5. The molecule has 0 radical (unpaired) electrons. The summed E-state index contributed by atoms with van der Waals surface area (Å²) in [7, 11) is -3.92. The second kappa shape index (κ2) is 5.33. The molecule has 2 aromatic rings. The van der Waals surface area contributed by atoms with Gasteiger partial charge in [-0.05, 0) is 24.3 Å². The van der Waals surface area contributed by atoms with E-state index in [1.165, 1.54) is 24.3 Å². The van der Waals surface area contributed by atoms with E-state index in [0.717, 1.165) is 18.2 Å². The van der Waals surface area contributed by atoms with Crippen molar-refractivity contribution < 1.29 is 23.2 Å². The maximum Gasteiger partial charge on any atom is 0.342 e. The summed E-state index contributed by atoms with van der Waals surface area (Å²) < 4.78 is 24.7. The summed E-state index contributed by atoms with van der Waals surface area (Å²) in [5, 5.41) is 19.7. The highest BCUT2D eigenvalue weighted by Crippen LogP contribution is 2.26. The summed E-state index contributed by atoms with van der Waals surface area (Å²) in [6.45, 7) is 0. The van der Waals surface area contributed by atoms with Gasteiger partial charge in [-0.25, -0.2) is 13.2 Å². The number of benzene rings is 2. The summed E-state index contributed by atoms with van der Waals surface area (Å²) >= 11 is 0. The molecule has 8 heteroatoms. The van der Waals surface area contributed by atoms with Gasteiger partial charge in [-0.15, -0.1) is 0 Å². The highest BCUT2D eigenvalue weighted by Gasteiger charge is 2.25. The van der Waals surface area contributed by atoms with Gasteiger partial charge in [0.25, 0.3) is 5.69 Å². The summed E-state index contributed by atoms with van der Waals surface area (Å²) in [6.07, 6.45) is 0. The van der Waals surface area contributed by atoms with Crippen LogP contribution in [0, 0.1) is 10.1 Å². The molecule has 0 spiro atoms. The number of carboxylic acids is 1. The van der Waals surface area contributed by atoms with Gasteiger partial charge in [0.05, 0.1) is 14.7 Å². The number of aromatic carboxylic acids is 1. The van der Waals surface area contributed by atoms with Crippen LogP contribution in [0.2, 0.25) is 0 Å². The lowest BCUT2D eigenvalue weighted by molar-refractivity contribution is -0.385. The van der Waals surface area contributed by atoms with E-state index in [0.29, 0.717) is 0 Å². The quantitative estimate of drug-likeness (QED) is 0.683. The zero-order chi connectivity index (χ0) is 15.6. The molecule has 0 fully saturated rings. The van der Waals surface area contributed by atoms with Gasteiger partial charge in [0.1, 0.15) is 5.56 Å². The molecule has 0 atom stereocenters. The summed E-state index contributed by atoms with van der Waals surface area (Å²) in [5.41, 5.74) is -1.33. The number of nitrogens with zero attached hydrogens (tertiary/aromatic N) is 1. The molecule has 1 N–H and O–H groups in total. The number of carboxylic acid groups (broad SMARTS) is 1. The number of hydrogen-bond donors (Lipinski definition) is 1. The summed E-state index contributed by atoms with van der Waals surface area (Å²) in [4.78, 5) is 20.6. The number of rotatable bonds is 4. The van der Waals surface area contributed by atoms with Crippen LogP contribution >= 0.6 is 0 Å². The second-order valence-electron chi connectivity index (χ2n) is 4.06. The van der Waals surface area contributed by atoms with E-state index in [4.69, 9.17) is 5.11 Å². The Morgan fingerprint density at radius 1 is 1.05 bits per heavy atom. The van der Waals surface area contributed by atoms with Crippen molar-refractivity contribution >= 4 is 21.5 Å².